The second-order valence-electron chi connectivity index (χ2n) is 7.96. The Morgan fingerprint density at radius 3 is 2.73 bits per heavy atom. The summed E-state index contributed by atoms with van der Waals surface area (Å²) in [4.78, 5) is 19.1. The Hall–Kier alpha value is -3.07. The number of nitrogens with one attached hydrogen (secondary N) is 1. The fourth-order valence-corrected chi connectivity index (χ4v) is 6.09. The number of carbonyl (C=O) groups is 1. The van der Waals surface area contributed by atoms with Gasteiger partial charge in [-0.3, -0.25) is 9.20 Å². The highest BCUT2D eigenvalue weighted by Crippen LogP contribution is 2.39. The number of rotatable bonds is 5. The van der Waals surface area contributed by atoms with E-state index in [1.165, 1.54) is 19.1 Å². The number of aromatic amines is 1. The van der Waals surface area contributed by atoms with Crippen LogP contribution in [0.5, 0.6) is 0 Å². The molecule has 9 heteroatoms. The highest BCUT2D eigenvalue weighted by molar-refractivity contribution is 7.91. The fraction of sp³-hybridized carbons (Fsp3) is 0.333. The molecule has 0 unspecified atom stereocenters. The van der Waals surface area contributed by atoms with Gasteiger partial charge in [0.2, 0.25) is 0 Å². The second kappa shape index (κ2) is 7.02. The molecular formula is C21H21N5O3S. The van der Waals surface area contributed by atoms with E-state index in [9.17, 15) is 13.2 Å². The number of hydrogen-bond donors (Lipinski definition) is 1. The van der Waals surface area contributed by atoms with Crippen molar-refractivity contribution >= 4 is 32.4 Å². The summed E-state index contributed by atoms with van der Waals surface area (Å²) in [7, 11) is -3.42. The number of fused-ring (bicyclic) bond motifs is 3. The summed E-state index contributed by atoms with van der Waals surface area (Å²) in [6.45, 7) is 1.47. The molecule has 8 nitrogen and oxygen atoms in total. The van der Waals surface area contributed by atoms with Gasteiger partial charge in [0.05, 0.1) is 22.4 Å². The predicted octanol–water partition coefficient (Wildman–Crippen LogP) is 3.17. The van der Waals surface area contributed by atoms with Crippen LogP contribution in [0.4, 0.5) is 0 Å². The van der Waals surface area contributed by atoms with Gasteiger partial charge in [-0.15, -0.1) is 10.2 Å². The van der Waals surface area contributed by atoms with Crippen molar-refractivity contribution in [3.05, 3.63) is 54.1 Å². The number of nitrogens with zero attached hydrogens (tertiary/aromatic N) is 4. The Morgan fingerprint density at radius 2 is 1.97 bits per heavy atom. The topological polar surface area (TPSA) is 110 Å². The molecule has 154 valence electrons. The molecule has 1 N–H and O–H groups in total. The third kappa shape index (κ3) is 3.19. The van der Waals surface area contributed by atoms with Gasteiger partial charge >= 0.3 is 0 Å². The van der Waals surface area contributed by atoms with Gasteiger partial charge in [-0.1, -0.05) is 12.1 Å². The highest BCUT2D eigenvalue weighted by Gasteiger charge is 2.33. The number of Topliss-reactive ketones (excluding diaryl/α,β-unsaturated/α-hetero) is 1. The molecule has 0 amide bonds. The first-order chi connectivity index (χ1) is 14.4. The van der Waals surface area contributed by atoms with E-state index in [0.717, 1.165) is 36.3 Å². The molecule has 1 aliphatic carbocycles. The van der Waals surface area contributed by atoms with Crippen molar-refractivity contribution in [1.82, 2.24) is 24.6 Å². The lowest BCUT2D eigenvalue weighted by atomic mass is 10.1. The Kier molecular flexibility index (Phi) is 4.43. The van der Waals surface area contributed by atoms with Gasteiger partial charge in [0, 0.05) is 17.7 Å². The average molecular weight is 423 g/mol. The highest BCUT2D eigenvalue weighted by atomic mass is 32.2. The molecule has 0 spiro atoms. The first kappa shape index (κ1) is 18.9. The average Bonchev–Trinajstić information content (AvgIpc) is 3.45. The van der Waals surface area contributed by atoms with E-state index in [1.54, 1.807) is 18.3 Å². The number of benzene rings is 1. The molecule has 0 aliphatic heterocycles. The van der Waals surface area contributed by atoms with Crippen molar-refractivity contribution in [1.29, 1.82) is 0 Å². The molecule has 3 aromatic heterocycles. The van der Waals surface area contributed by atoms with Crippen molar-refractivity contribution in [2.45, 2.75) is 37.0 Å². The van der Waals surface area contributed by atoms with E-state index >= 15 is 0 Å². The van der Waals surface area contributed by atoms with Gasteiger partial charge in [0.1, 0.15) is 5.82 Å². The van der Waals surface area contributed by atoms with E-state index < -0.39 is 9.84 Å². The summed E-state index contributed by atoms with van der Waals surface area (Å²) >= 11 is 0. The normalized spacial score (nSPS) is 19.6. The third-order valence-corrected chi connectivity index (χ3v) is 7.85. The first-order valence-electron chi connectivity index (χ1n) is 9.93. The minimum Gasteiger partial charge on any atom is -0.345 e. The molecule has 0 saturated heterocycles. The molecule has 2 atom stereocenters. The standard InChI is InChI=1S/C21H21N5O3S/c1-13(27)15-4-6-17(7-5-15)30(28,29)12-14-2-3-16(10-14)21-25-24-19-11-23-20-18(26(19)21)8-9-22-20/h4-9,11,14,16,22H,2-3,10,12H2,1H3/t14-,16+/m0/s1. The van der Waals surface area contributed by atoms with Gasteiger partial charge < -0.3 is 4.98 Å². The molecule has 1 aromatic carbocycles. The van der Waals surface area contributed by atoms with E-state index in [4.69, 9.17) is 0 Å². The van der Waals surface area contributed by atoms with Crippen LogP contribution in [-0.2, 0) is 9.84 Å². The van der Waals surface area contributed by atoms with E-state index in [0.29, 0.717) is 11.2 Å². The monoisotopic (exact) mass is 423 g/mol. The third-order valence-electron chi connectivity index (χ3n) is 5.95. The SMILES string of the molecule is CC(=O)c1ccc(S(=O)(=O)C[C@H]2CC[C@@H](c3nnc4cnc5[nH]ccc5n34)C2)cc1. The summed E-state index contributed by atoms with van der Waals surface area (Å²) < 4.78 is 27.8. The van der Waals surface area contributed by atoms with E-state index in [2.05, 4.69) is 20.2 Å². The van der Waals surface area contributed by atoms with Gasteiger partial charge in [-0.05, 0) is 50.3 Å². The van der Waals surface area contributed by atoms with Crippen LogP contribution < -0.4 is 0 Å². The molecule has 1 fully saturated rings. The zero-order chi connectivity index (χ0) is 20.9. The predicted molar refractivity (Wildman–Crippen MR) is 111 cm³/mol. The Morgan fingerprint density at radius 1 is 1.17 bits per heavy atom. The number of ketones is 1. The summed E-state index contributed by atoms with van der Waals surface area (Å²) in [5.41, 5.74) is 2.90. The zero-order valence-corrected chi connectivity index (χ0v) is 17.3. The Balaban J connectivity index is 1.37. The number of sulfone groups is 1. The van der Waals surface area contributed by atoms with Crippen LogP contribution in [0.2, 0.25) is 0 Å². The van der Waals surface area contributed by atoms with Crippen LogP contribution in [0.15, 0.2) is 47.6 Å². The summed E-state index contributed by atoms with van der Waals surface area (Å²) in [6, 6.07) is 8.15. The number of carbonyl (C=O) groups excluding carboxylic acids is 1. The van der Waals surface area contributed by atoms with Gasteiger partial charge in [-0.25, -0.2) is 13.4 Å². The quantitative estimate of drug-likeness (QED) is 0.494. The summed E-state index contributed by atoms with van der Waals surface area (Å²) in [5, 5.41) is 8.65. The molecule has 30 heavy (non-hydrogen) atoms. The summed E-state index contributed by atoms with van der Waals surface area (Å²) in [5.74, 6) is 1.09. The molecule has 0 bridgehead atoms. The number of hydrogen-bond acceptors (Lipinski definition) is 6. The van der Waals surface area contributed by atoms with Crippen molar-refractivity contribution in [3.8, 4) is 0 Å². The lowest BCUT2D eigenvalue weighted by Gasteiger charge is -2.12. The maximum absolute atomic E-state index is 12.9. The molecule has 4 aromatic rings. The lowest BCUT2D eigenvalue weighted by molar-refractivity contribution is 0.101. The smallest absolute Gasteiger partial charge is 0.179 e. The zero-order valence-electron chi connectivity index (χ0n) is 16.4. The molecular weight excluding hydrogens is 402 g/mol. The Bertz CT molecular complexity index is 1350. The van der Waals surface area contributed by atoms with Gasteiger partial charge in [-0.2, -0.15) is 0 Å². The maximum atomic E-state index is 12.9. The lowest BCUT2D eigenvalue weighted by Crippen LogP contribution is -2.15. The largest absolute Gasteiger partial charge is 0.345 e. The minimum absolute atomic E-state index is 0.0587. The van der Waals surface area contributed by atoms with Crippen molar-refractivity contribution in [2.75, 3.05) is 5.75 Å². The first-order valence-corrected chi connectivity index (χ1v) is 11.6. The number of aromatic nitrogens is 5. The molecule has 5 rings (SSSR count). The van der Waals surface area contributed by atoms with E-state index in [1.807, 2.05) is 16.7 Å². The second-order valence-corrected chi connectivity index (χ2v) is 9.99. The molecule has 3 heterocycles. The van der Waals surface area contributed by atoms with Gasteiger partial charge in [0.15, 0.2) is 26.9 Å². The van der Waals surface area contributed by atoms with Crippen LogP contribution in [0, 0.1) is 5.92 Å². The van der Waals surface area contributed by atoms with Gasteiger partial charge in [0.25, 0.3) is 0 Å². The Labute approximate surface area is 173 Å². The van der Waals surface area contributed by atoms with Crippen LogP contribution >= 0.6 is 0 Å². The summed E-state index contributed by atoms with van der Waals surface area (Å²) in [6.07, 6.45) is 5.98. The van der Waals surface area contributed by atoms with Crippen LogP contribution in [-0.4, -0.2) is 44.5 Å². The van der Waals surface area contributed by atoms with Crippen molar-refractivity contribution in [3.63, 3.8) is 0 Å². The van der Waals surface area contributed by atoms with E-state index in [-0.39, 0.29) is 28.3 Å². The fourth-order valence-electron chi connectivity index (χ4n) is 4.43. The van der Waals surface area contributed by atoms with Crippen LogP contribution in [0.3, 0.4) is 0 Å². The number of H-pyrrole nitrogens is 1. The van der Waals surface area contributed by atoms with Crippen LogP contribution in [0.25, 0.3) is 16.8 Å². The van der Waals surface area contributed by atoms with Crippen LogP contribution in [0.1, 0.15) is 48.3 Å². The molecule has 1 saturated carbocycles. The van der Waals surface area contributed by atoms with Crippen molar-refractivity contribution < 1.29 is 13.2 Å². The minimum atomic E-state index is -3.42. The maximum Gasteiger partial charge on any atom is 0.179 e. The molecule has 0 radical (unpaired) electrons. The van der Waals surface area contributed by atoms with Crippen molar-refractivity contribution in [2.24, 2.45) is 5.92 Å². The molecule has 1 aliphatic rings.